The predicted molar refractivity (Wildman–Crippen MR) is 82.8 cm³/mol. The number of amides is 1. The number of hydrogen-bond donors (Lipinski definition) is 1. The zero-order chi connectivity index (χ0) is 14.6. The molecular formula is C17H28ClNO. The zero-order valence-electron chi connectivity index (χ0n) is 13.1. The minimum Gasteiger partial charge on any atom is -0.349 e. The molecule has 0 saturated heterocycles. The number of nitrogens with one attached hydrogen (secondary N) is 1. The quantitative estimate of drug-likeness (QED) is 0.763. The first-order valence-corrected chi connectivity index (χ1v) is 8.71. The van der Waals surface area contributed by atoms with E-state index in [4.69, 9.17) is 11.6 Å². The van der Waals surface area contributed by atoms with Gasteiger partial charge in [-0.15, -0.1) is 11.6 Å². The van der Waals surface area contributed by atoms with Gasteiger partial charge >= 0.3 is 0 Å². The molecule has 2 nitrogen and oxygen atoms in total. The smallest absolute Gasteiger partial charge is 0.235 e. The van der Waals surface area contributed by atoms with Crippen LogP contribution in [0.4, 0.5) is 0 Å². The Hall–Kier alpha value is -0.240. The van der Waals surface area contributed by atoms with Gasteiger partial charge in [0.1, 0.15) is 5.88 Å². The van der Waals surface area contributed by atoms with E-state index in [1.54, 1.807) is 0 Å². The maximum absolute atomic E-state index is 12.0. The summed E-state index contributed by atoms with van der Waals surface area (Å²) in [6, 6.07) is 0. The fourth-order valence-corrected chi connectivity index (χ4v) is 5.80. The summed E-state index contributed by atoms with van der Waals surface area (Å²) in [5.41, 5.74) is 0.915. The van der Waals surface area contributed by atoms with Gasteiger partial charge in [0.2, 0.25) is 5.91 Å². The van der Waals surface area contributed by atoms with Crippen LogP contribution in [0.5, 0.6) is 0 Å². The van der Waals surface area contributed by atoms with Gasteiger partial charge in [0, 0.05) is 5.54 Å². The molecule has 3 aliphatic carbocycles. The fourth-order valence-electron chi connectivity index (χ4n) is 5.73. The van der Waals surface area contributed by atoms with Gasteiger partial charge in [-0.2, -0.15) is 0 Å². The third-order valence-corrected chi connectivity index (χ3v) is 6.90. The van der Waals surface area contributed by atoms with Gasteiger partial charge in [0.25, 0.3) is 0 Å². The number of fused-ring (bicyclic) bond motifs is 4. The van der Waals surface area contributed by atoms with Crippen molar-refractivity contribution in [2.75, 3.05) is 5.88 Å². The van der Waals surface area contributed by atoms with Crippen molar-refractivity contribution in [2.45, 2.75) is 71.3 Å². The molecule has 2 bridgehead atoms. The Bertz CT molecular complexity index is 421. The first-order valence-electron chi connectivity index (χ1n) is 8.17. The van der Waals surface area contributed by atoms with Gasteiger partial charge in [-0.1, -0.05) is 27.2 Å². The van der Waals surface area contributed by atoms with Crippen LogP contribution in [0.3, 0.4) is 0 Å². The van der Waals surface area contributed by atoms with Crippen molar-refractivity contribution in [3.05, 3.63) is 0 Å². The normalized spacial score (nSPS) is 45.8. The van der Waals surface area contributed by atoms with Crippen LogP contribution in [0.15, 0.2) is 0 Å². The van der Waals surface area contributed by atoms with Gasteiger partial charge in [-0.25, -0.2) is 0 Å². The Morgan fingerprint density at radius 1 is 1.20 bits per heavy atom. The summed E-state index contributed by atoms with van der Waals surface area (Å²) in [6.07, 6.45) is 8.83. The lowest BCUT2D eigenvalue weighted by Gasteiger charge is -2.60. The van der Waals surface area contributed by atoms with Gasteiger partial charge in [0.05, 0.1) is 0 Å². The predicted octanol–water partition coefficient (Wildman–Crippen LogP) is 4.12. The monoisotopic (exact) mass is 297 g/mol. The van der Waals surface area contributed by atoms with Crippen molar-refractivity contribution in [1.29, 1.82) is 0 Å². The molecule has 0 radical (unpaired) electrons. The summed E-state index contributed by atoms with van der Waals surface area (Å²) in [5.74, 6) is 1.57. The van der Waals surface area contributed by atoms with Crippen molar-refractivity contribution in [1.82, 2.24) is 5.32 Å². The molecule has 0 aromatic rings. The number of hydrogen-bond acceptors (Lipinski definition) is 1. The van der Waals surface area contributed by atoms with Crippen LogP contribution in [0.2, 0.25) is 0 Å². The molecule has 20 heavy (non-hydrogen) atoms. The lowest BCUT2D eigenvalue weighted by Crippen LogP contribution is -2.64. The van der Waals surface area contributed by atoms with Gasteiger partial charge in [0.15, 0.2) is 0 Å². The molecule has 0 aromatic carbocycles. The molecule has 3 heteroatoms. The fraction of sp³-hybridized carbons (Fsp3) is 0.941. The molecule has 0 aromatic heterocycles. The highest BCUT2D eigenvalue weighted by Gasteiger charge is 2.60. The highest BCUT2D eigenvalue weighted by Crippen LogP contribution is 2.64. The number of rotatable bonds is 2. The lowest BCUT2D eigenvalue weighted by molar-refractivity contribution is -0.128. The molecule has 114 valence electrons. The van der Waals surface area contributed by atoms with E-state index in [0.29, 0.717) is 16.7 Å². The van der Waals surface area contributed by atoms with E-state index in [-0.39, 0.29) is 17.3 Å². The third-order valence-electron chi connectivity index (χ3n) is 6.66. The molecule has 4 atom stereocenters. The van der Waals surface area contributed by atoms with Crippen LogP contribution in [0, 0.1) is 22.7 Å². The Morgan fingerprint density at radius 3 is 2.60 bits per heavy atom. The molecule has 0 heterocycles. The second-order valence-electron chi connectivity index (χ2n) is 8.62. The molecule has 1 amide bonds. The largest absolute Gasteiger partial charge is 0.349 e. The number of carbonyl (C=O) groups is 1. The number of carbonyl (C=O) groups excluding carboxylic acids is 1. The SMILES string of the molecule is CC1(C)C[C@H]2[C@H]1CC[C@@]1(C)CCC[C@]2(NC(=O)CCl)C1. The number of alkyl halides is 1. The lowest BCUT2D eigenvalue weighted by atomic mass is 9.48. The number of halogens is 1. The first-order chi connectivity index (χ1) is 9.30. The molecule has 3 aliphatic rings. The van der Waals surface area contributed by atoms with E-state index in [1.165, 1.54) is 38.5 Å². The average molecular weight is 298 g/mol. The van der Waals surface area contributed by atoms with E-state index in [9.17, 15) is 4.79 Å². The van der Waals surface area contributed by atoms with Crippen LogP contribution in [0.1, 0.15) is 65.7 Å². The van der Waals surface area contributed by atoms with Crippen LogP contribution in [0.25, 0.3) is 0 Å². The van der Waals surface area contributed by atoms with E-state index < -0.39 is 0 Å². The minimum absolute atomic E-state index is 0.0290. The Kier molecular flexibility index (Phi) is 3.40. The molecule has 1 N–H and O–H groups in total. The second-order valence-corrected chi connectivity index (χ2v) is 8.89. The van der Waals surface area contributed by atoms with E-state index in [0.717, 1.165) is 12.3 Å². The van der Waals surface area contributed by atoms with Crippen LogP contribution in [-0.4, -0.2) is 17.3 Å². The summed E-state index contributed by atoms with van der Waals surface area (Å²) < 4.78 is 0. The van der Waals surface area contributed by atoms with Crippen molar-refractivity contribution in [3.8, 4) is 0 Å². The summed E-state index contributed by atoms with van der Waals surface area (Å²) in [4.78, 5) is 12.0. The Balaban J connectivity index is 1.93. The highest BCUT2D eigenvalue weighted by atomic mass is 35.5. The molecule has 3 fully saturated rings. The zero-order valence-corrected chi connectivity index (χ0v) is 13.9. The maximum atomic E-state index is 12.0. The molecule has 0 aliphatic heterocycles. The molecule has 3 saturated carbocycles. The maximum Gasteiger partial charge on any atom is 0.235 e. The molecular weight excluding hydrogens is 270 g/mol. The minimum atomic E-state index is 0.0290. The van der Waals surface area contributed by atoms with Crippen molar-refractivity contribution < 1.29 is 4.79 Å². The second kappa shape index (κ2) is 4.63. The van der Waals surface area contributed by atoms with Crippen molar-refractivity contribution in [2.24, 2.45) is 22.7 Å². The third kappa shape index (κ3) is 2.19. The van der Waals surface area contributed by atoms with Crippen LogP contribution < -0.4 is 5.32 Å². The Labute approximate surface area is 128 Å². The van der Waals surface area contributed by atoms with Gasteiger partial charge in [-0.05, 0) is 61.2 Å². The van der Waals surface area contributed by atoms with Crippen LogP contribution >= 0.6 is 11.6 Å². The van der Waals surface area contributed by atoms with E-state index >= 15 is 0 Å². The van der Waals surface area contributed by atoms with Gasteiger partial charge in [-0.3, -0.25) is 4.79 Å². The average Bonchev–Trinajstić information content (AvgIpc) is 2.41. The summed E-state index contributed by atoms with van der Waals surface area (Å²) in [7, 11) is 0. The first kappa shape index (κ1) is 14.7. The summed E-state index contributed by atoms with van der Waals surface area (Å²) in [5, 5.41) is 3.38. The molecule has 3 rings (SSSR count). The standard InChI is InChI=1S/C17H28ClNO/c1-15(2)9-13-12(15)5-8-16(3)6-4-7-17(13,11-16)19-14(20)10-18/h12-13H,4-11H2,1-3H3,(H,19,20)/t12-,13+,16-,17+/m1/s1. The molecule has 0 spiro atoms. The van der Waals surface area contributed by atoms with Crippen molar-refractivity contribution >= 4 is 17.5 Å². The van der Waals surface area contributed by atoms with E-state index in [2.05, 4.69) is 26.1 Å². The van der Waals surface area contributed by atoms with E-state index in [1.807, 2.05) is 0 Å². The summed E-state index contributed by atoms with van der Waals surface area (Å²) in [6.45, 7) is 7.25. The summed E-state index contributed by atoms with van der Waals surface area (Å²) >= 11 is 5.77. The Morgan fingerprint density at radius 2 is 1.95 bits per heavy atom. The van der Waals surface area contributed by atoms with Gasteiger partial charge < -0.3 is 5.32 Å². The molecule has 0 unspecified atom stereocenters. The topological polar surface area (TPSA) is 29.1 Å². The highest BCUT2D eigenvalue weighted by molar-refractivity contribution is 6.27. The van der Waals surface area contributed by atoms with Crippen LogP contribution in [-0.2, 0) is 4.79 Å². The van der Waals surface area contributed by atoms with Crippen molar-refractivity contribution in [3.63, 3.8) is 0 Å².